The Morgan fingerprint density at radius 2 is 0.972 bits per heavy atom. The Labute approximate surface area is 214 Å². The van der Waals surface area contributed by atoms with Crippen LogP contribution in [0.25, 0.3) is 0 Å². The molecule has 4 aromatic carbocycles. The van der Waals surface area contributed by atoms with Crippen LogP contribution in [0.5, 0.6) is 5.75 Å². The van der Waals surface area contributed by atoms with E-state index < -0.39 is 16.1 Å². The van der Waals surface area contributed by atoms with E-state index in [-0.39, 0.29) is 17.8 Å². The molecule has 0 N–H and O–H groups in total. The van der Waals surface area contributed by atoms with Gasteiger partial charge in [-0.2, -0.15) is 0 Å². The second-order valence-corrected chi connectivity index (χ2v) is 10.6. The fourth-order valence-electron chi connectivity index (χ4n) is 4.67. The molecule has 0 heterocycles. The quantitative estimate of drug-likeness (QED) is 0.232. The van der Waals surface area contributed by atoms with Crippen molar-refractivity contribution in [1.82, 2.24) is 0 Å². The zero-order chi connectivity index (χ0) is 25.7. The summed E-state index contributed by atoms with van der Waals surface area (Å²) in [7, 11) is -4.58. The van der Waals surface area contributed by atoms with E-state index in [0.717, 1.165) is 27.8 Å². The average molecular weight is 500 g/mol. The molecule has 4 nitrogen and oxygen atoms in total. The van der Waals surface area contributed by atoms with Crippen molar-refractivity contribution in [3.05, 3.63) is 137 Å². The summed E-state index contributed by atoms with van der Waals surface area (Å²) in [5, 5.41) is 0. The highest BCUT2D eigenvalue weighted by Gasteiger charge is 2.25. The standard InChI is InChI=1S/C31H32O4S/c1-22(25-13-7-4-8-14-25)28-19-29(23(2)26-15-9-5-10-16-26)31(35-21-36(32,33)34)30(20-28)24(3)27-17-11-6-12-18-27/h4-20,22-24H,21H2,1-3H3,(H,32,33,34)/p-1. The summed E-state index contributed by atoms with van der Waals surface area (Å²) in [5.41, 5.74) is 6.18. The number of benzene rings is 4. The Kier molecular flexibility index (Phi) is 7.92. The van der Waals surface area contributed by atoms with Crippen LogP contribution in [-0.2, 0) is 10.1 Å². The third-order valence-corrected chi connectivity index (χ3v) is 7.25. The summed E-state index contributed by atoms with van der Waals surface area (Å²) in [4.78, 5) is 0. The first-order valence-electron chi connectivity index (χ1n) is 12.1. The fraction of sp³-hybridized carbons (Fsp3) is 0.226. The minimum atomic E-state index is -4.58. The zero-order valence-corrected chi connectivity index (χ0v) is 21.6. The van der Waals surface area contributed by atoms with Crippen molar-refractivity contribution >= 4 is 10.1 Å². The molecular formula is C31H31O4S-. The lowest BCUT2D eigenvalue weighted by Crippen LogP contribution is -2.15. The van der Waals surface area contributed by atoms with Crippen molar-refractivity contribution in [2.24, 2.45) is 0 Å². The van der Waals surface area contributed by atoms with E-state index in [0.29, 0.717) is 5.75 Å². The zero-order valence-electron chi connectivity index (χ0n) is 20.8. The van der Waals surface area contributed by atoms with Crippen molar-refractivity contribution < 1.29 is 17.7 Å². The molecule has 0 fully saturated rings. The van der Waals surface area contributed by atoms with Gasteiger partial charge in [-0.3, -0.25) is 0 Å². The van der Waals surface area contributed by atoms with E-state index >= 15 is 0 Å². The van der Waals surface area contributed by atoms with Gasteiger partial charge in [-0.1, -0.05) is 124 Å². The second kappa shape index (κ2) is 11.1. The van der Waals surface area contributed by atoms with Gasteiger partial charge in [0.25, 0.3) is 0 Å². The maximum absolute atomic E-state index is 11.6. The highest BCUT2D eigenvalue weighted by Crippen LogP contribution is 2.42. The first-order chi connectivity index (χ1) is 17.2. The molecule has 0 aliphatic rings. The summed E-state index contributed by atoms with van der Waals surface area (Å²) in [5.74, 6) is -0.512. The third kappa shape index (κ3) is 6.04. The van der Waals surface area contributed by atoms with E-state index in [9.17, 15) is 13.0 Å². The molecule has 0 aliphatic heterocycles. The van der Waals surface area contributed by atoms with Crippen molar-refractivity contribution in [3.63, 3.8) is 0 Å². The van der Waals surface area contributed by atoms with Crippen LogP contribution in [0.15, 0.2) is 103 Å². The predicted octanol–water partition coefficient (Wildman–Crippen LogP) is 7.02. The summed E-state index contributed by atoms with van der Waals surface area (Å²) in [6.45, 7) is 6.33. The Balaban J connectivity index is 1.94. The van der Waals surface area contributed by atoms with E-state index in [1.165, 1.54) is 5.56 Å². The summed E-state index contributed by atoms with van der Waals surface area (Å²) >= 11 is 0. The van der Waals surface area contributed by atoms with Crippen LogP contribution in [-0.4, -0.2) is 18.9 Å². The van der Waals surface area contributed by atoms with Gasteiger partial charge in [-0.05, 0) is 22.3 Å². The van der Waals surface area contributed by atoms with Crippen LogP contribution >= 0.6 is 0 Å². The first kappa shape index (κ1) is 25.7. The van der Waals surface area contributed by atoms with Crippen LogP contribution in [0.4, 0.5) is 0 Å². The van der Waals surface area contributed by atoms with Gasteiger partial charge >= 0.3 is 0 Å². The van der Waals surface area contributed by atoms with Gasteiger partial charge in [-0.25, -0.2) is 8.42 Å². The molecule has 3 atom stereocenters. The Morgan fingerprint density at radius 3 is 1.33 bits per heavy atom. The molecule has 0 spiro atoms. The topological polar surface area (TPSA) is 66.4 Å². The van der Waals surface area contributed by atoms with Crippen molar-refractivity contribution in [1.29, 1.82) is 0 Å². The molecule has 4 aromatic rings. The molecular weight excluding hydrogens is 468 g/mol. The molecule has 0 amide bonds. The predicted molar refractivity (Wildman–Crippen MR) is 144 cm³/mol. The maximum Gasteiger partial charge on any atom is 0.177 e. The number of hydrogen-bond acceptors (Lipinski definition) is 4. The molecule has 0 saturated heterocycles. The van der Waals surface area contributed by atoms with Crippen molar-refractivity contribution in [2.45, 2.75) is 38.5 Å². The Bertz CT molecular complexity index is 1320. The Morgan fingerprint density at radius 1 is 0.611 bits per heavy atom. The van der Waals surface area contributed by atoms with Crippen LogP contribution in [0.2, 0.25) is 0 Å². The van der Waals surface area contributed by atoms with E-state index in [1.54, 1.807) is 0 Å². The van der Waals surface area contributed by atoms with Gasteiger partial charge in [0.15, 0.2) is 5.94 Å². The summed E-state index contributed by atoms with van der Waals surface area (Å²) in [6.07, 6.45) is 0. The van der Waals surface area contributed by atoms with Crippen LogP contribution in [0.1, 0.15) is 71.9 Å². The molecule has 36 heavy (non-hydrogen) atoms. The molecule has 5 heteroatoms. The molecule has 0 bridgehead atoms. The van der Waals surface area contributed by atoms with E-state index in [1.807, 2.05) is 78.9 Å². The third-order valence-electron chi connectivity index (χ3n) is 6.85. The summed E-state index contributed by atoms with van der Waals surface area (Å²) in [6, 6.07) is 34.6. The number of ether oxygens (including phenoxy) is 1. The Hall–Kier alpha value is -3.41. The smallest absolute Gasteiger partial charge is 0.177 e. The molecule has 0 saturated carbocycles. The first-order valence-corrected chi connectivity index (χ1v) is 13.7. The normalized spacial score (nSPS) is 14.1. The van der Waals surface area contributed by atoms with Gasteiger partial charge in [0.1, 0.15) is 15.9 Å². The second-order valence-electron chi connectivity index (χ2n) is 9.25. The summed E-state index contributed by atoms with van der Waals surface area (Å²) < 4.78 is 40.6. The molecule has 0 aromatic heterocycles. The highest BCUT2D eigenvalue weighted by molar-refractivity contribution is 7.85. The molecule has 4 rings (SSSR count). The van der Waals surface area contributed by atoms with Gasteiger partial charge < -0.3 is 9.29 Å². The largest absolute Gasteiger partial charge is 0.745 e. The minimum Gasteiger partial charge on any atom is -0.745 e. The fourth-order valence-corrected chi connectivity index (χ4v) is 4.93. The molecule has 0 radical (unpaired) electrons. The van der Waals surface area contributed by atoms with Gasteiger partial charge in [0.2, 0.25) is 0 Å². The van der Waals surface area contributed by atoms with Crippen LogP contribution in [0, 0.1) is 0 Å². The molecule has 3 unspecified atom stereocenters. The SMILES string of the molecule is CC(c1ccccc1)c1cc(C(C)c2ccccc2)c(OCS(=O)(=O)[O-])c(C(C)c2ccccc2)c1. The highest BCUT2D eigenvalue weighted by atomic mass is 32.2. The lowest BCUT2D eigenvalue weighted by molar-refractivity contribution is 0.340. The average Bonchev–Trinajstić information content (AvgIpc) is 2.91. The minimum absolute atomic E-state index is 0.0831. The van der Waals surface area contributed by atoms with Gasteiger partial charge in [-0.15, -0.1) is 0 Å². The van der Waals surface area contributed by atoms with Gasteiger partial charge in [0.05, 0.1) is 0 Å². The van der Waals surface area contributed by atoms with Crippen molar-refractivity contribution in [2.75, 3.05) is 5.94 Å². The lowest BCUT2D eigenvalue weighted by Gasteiger charge is -2.27. The van der Waals surface area contributed by atoms with Crippen LogP contribution in [0.3, 0.4) is 0 Å². The number of rotatable bonds is 9. The molecule has 186 valence electrons. The number of hydrogen-bond donors (Lipinski definition) is 0. The maximum atomic E-state index is 11.6. The lowest BCUT2D eigenvalue weighted by atomic mass is 9.81. The van der Waals surface area contributed by atoms with E-state index in [2.05, 4.69) is 45.0 Å². The van der Waals surface area contributed by atoms with Gasteiger partial charge in [0, 0.05) is 28.9 Å². The monoisotopic (exact) mass is 499 g/mol. The van der Waals surface area contributed by atoms with E-state index in [4.69, 9.17) is 4.74 Å². The van der Waals surface area contributed by atoms with Crippen molar-refractivity contribution in [3.8, 4) is 5.75 Å². The van der Waals surface area contributed by atoms with Crippen LogP contribution < -0.4 is 4.74 Å². The molecule has 0 aliphatic carbocycles.